The van der Waals surface area contributed by atoms with Gasteiger partial charge in [0.1, 0.15) is 0 Å². The van der Waals surface area contributed by atoms with Gasteiger partial charge in [-0.2, -0.15) is 0 Å². The lowest BCUT2D eigenvalue weighted by molar-refractivity contribution is -0.121. The molecule has 2 fully saturated rings. The lowest BCUT2D eigenvalue weighted by Gasteiger charge is -2.48. The minimum Gasteiger partial charge on any atom is -0.379 e. The van der Waals surface area contributed by atoms with Gasteiger partial charge >= 0.3 is 0 Å². The van der Waals surface area contributed by atoms with Gasteiger partial charge in [0.05, 0.1) is 25.8 Å². The summed E-state index contributed by atoms with van der Waals surface area (Å²) < 4.78 is 5.58. The third-order valence-electron chi connectivity index (χ3n) is 7.09. The minimum absolute atomic E-state index is 0.00886. The molecule has 2 N–H and O–H groups in total. The molecule has 2 aromatic carbocycles. The van der Waals surface area contributed by atoms with E-state index in [0.29, 0.717) is 6.54 Å². The van der Waals surface area contributed by atoms with Crippen molar-refractivity contribution >= 4 is 5.91 Å². The van der Waals surface area contributed by atoms with Crippen LogP contribution in [0.5, 0.6) is 0 Å². The highest BCUT2D eigenvalue weighted by molar-refractivity contribution is 5.78. The molecule has 5 heteroatoms. The van der Waals surface area contributed by atoms with Gasteiger partial charge in [0.2, 0.25) is 5.91 Å². The highest BCUT2D eigenvalue weighted by Gasteiger charge is 2.38. The minimum atomic E-state index is -0.00886. The summed E-state index contributed by atoms with van der Waals surface area (Å²) in [7, 11) is 0. The average Bonchev–Trinajstić information content (AvgIpc) is 2.86. The molecule has 1 saturated heterocycles. The molecular weight excluding hydrogens is 398 g/mol. The van der Waals surface area contributed by atoms with E-state index in [9.17, 15) is 4.79 Å². The molecule has 0 unspecified atom stereocenters. The first kappa shape index (κ1) is 23.0. The molecule has 32 heavy (non-hydrogen) atoms. The summed E-state index contributed by atoms with van der Waals surface area (Å²) in [6, 6.07) is 18.9. The van der Waals surface area contributed by atoms with Crippen LogP contribution in [0.2, 0.25) is 0 Å². The zero-order valence-corrected chi connectivity index (χ0v) is 19.3. The Morgan fingerprint density at radius 2 is 1.62 bits per heavy atom. The predicted octanol–water partition coefficient (Wildman–Crippen LogP) is 3.83. The molecule has 2 aromatic rings. The first-order chi connectivity index (χ1) is 15.7. The number of aryl methyl sites for hydroxylation is 1. The van der Waals surface area contributed by atoms with Crippen LogP contribution in [-0.4, -0.2) is 55.7 Å². The molecule has 0 spiro atoms. The quantitative estimate of drug-likeness (QED) is 0.662. The Bertz CT molecular complexity index is 841. The van der Waals surface area contributed by atoms with Gasteiger partial charge in [-0.15, -0.1) is 0 Å². The normalized spacial score (nSPS) is 19.9. The lowest BCUT2D eigenvalue weighted by atomic mass is 9.79. The molecule has 1 atom stereocenters. The third kappa shape index (κ3) is 5.77. The van der Waals surface area contributed by atoms with Crippen molar-refractivity contribution in [3.05, 3.63) is 71.3 Å². The van der Waals surface area contributed by atoms with Crippen LogP contribution in [-0.2, 0) is 9.53 Å². The number of benzene rings is 2. The van der Waals surface area contributed by atoms with Crippen LogP contribution in [0.3, 0.4) is 0 Å². The van der Waals surface area contributed by atoms with Crippen molar-refractivity contribution in [2.45, 2.75) is 50.6 Å². The van der Waals surface area contributed by atoms with Crippen molar-refractivity contribution in [1.29, 1.82) is 0 Å². The smallest absolute Gasteiger partial charge is 0.234 e. The van der Waals surface area contributed by atoms with Crippen LogP contribution >= 0.6 is 0 Å². The van der Waals surface area contributed by atoms with Crippen molar-refractivity contribution in [2.75, 3.05) is 39.4 Å². The zero-order valence-electron chi connectivity index (χ0n) is 19.3. The fraction of sp³-hybridized carbons (Fsp3) is 0.519. The first-order valence-electron chi connectivity index (χ1n) is 12.1. The number of hydrogen-bond acceptors (Lipinski definition) is 4. The summed E-state index contributed by atoms with van der Waals surface area (Å²) in [5.41, 5.74) is 3.67. The first-order valence-corrected chi connectivity index (χ1v) is 12.1. The van der Waals surface area contributed by atoms with Crippen LogP contribution in [0.4, 0.5) is 0 Å². The largest absolute Gasteiger partial charge is 0.379 e. The van der Waals surface area contributed by atoms with Crippen LogP contribution < -0.4 is 10.6 Å². The van der Waals surface area contributed by atoms with Gasteiger partial charge in [0, 0.05) is 25.2 Å². The number of rotatable bonds is 8. The summed E-state index contributed by atoms with van der Waals surface area (Å²) >= 11 is 0. The van der Waals surface area contributed by atoms with Gasteiger partial charge < -0.3 is 10.1 Å². The molecule has 1 saturated carbocycles. The molecular formula is C27H37N3O2. The second kappa shape index (κ2) is 11.1. The van der Waals surface area contributed by atoms with E-state index in [-0.39, 0.29) is 17.5 Å². The Morgan fingerprint density at radius 3 is 2.31 bits per heavy atom. The Hall–Kier alpha value is -2.21. The fourth-order valence-corrected chi connectivity index (χ4v) is 5.21. The number of hydrogen-bond donors (Lipinski definition) is 2. The highest BCUT2D eigenvalue weighted by Crippen LogP contribution is 2.34. The van der Waals surface area contributed by atoms with E-state index >= 15 is 0 Å². The van der Waals surface area contributed by atoms with E-state index < -0.39 is 0 Å². The summed E-state index contributed by atoms with van der Waals surface area (Å²) in [6.07, 6.45) is 6.12. The molecule has 0 radical (unpaired) electrons. The highest BCUT2D eigenvalue weighted by atomic mass is 16.5. The second-order valence-corrected chi connectivity index (χ2v) is 9.30. The standard InChI is InChI=1S/C27H37N3O2/c1-22-10-12-24(13-11-22)26(23-8-4-2-5-9-23)28-20-25(31)29-21-27(14-6-3-7-15-27)30-16-18-32-19-17-30/h2,4-5,8-13,26,28H,3,6-7,14-21H2,1H3,(H,29,31)/t26-/m0/s1. The van der Waals surface area contributed by atoms with E-state index in [4.69, 9.17) is 4.74 Å². The van der Waals surface area contributed by atoms with E-state index in [1.54, 1.807) is 0 Å². The van der Waals surface area contributed by atoms with Crippen molar-refractivity contribution in [1.82, 2.24) is 15.5 Å². The summed E-state index contributed by atoms with van der Waals surface area (Å²) in [5, 5.41) is 6.78. The fourth-order valence-electron chi connectivity index (χ4n) is 5.21. The molecule has 0 bridgehead atoms. The summed E-state index contributed by atoms with van der Waals surface area (Å²) in [4.78, 5) is 15.5. The van der Waals surface area contributed by atoms with Crippen LogP contribution in [0.1, 0.15) is 54.8 Å². The van der Waals surface area contributed by atoms with Crippen molar-refractivity contribution < 1.29 is 9.53 Å². The van der Waals surface area contributed by atoms with E-state index in [1.807, 2.05) is 18.2 Å². The Morgan fingerprint density at radius 1 is 0.969 bits per heavy atom. The van der Waals surface area contributed by atoms with Crippen LogP contribution in [0.25, 0.3) is 0 Å². The van der Waals surface area contributed by atoms with Gasteiger partial charge in [-0.25, -0.2) is 0 Å². The molecule has 1 aliphatic carbocycles. The molecule has 1 amide bonds. The number of morpholine rings is 1. The van der Waals surface area contributed by atoms with Crippen molar-refractivity contribution in [3.63, 3.8) is 0 Å². The topological polar surface area (TPSA) is 53.6 Å². The van der Waals surface area contributed by atoms with Crippen molar-refractivity contribution in [3.8, 4) is 0 Å². The van der Waals surface area contributed by atoms with E-state index in [2.05, 4.69) is 58.9 Å². The second-order valence-electron chi connectivity index (χ2n) is 9.30. The lowest BCUT2D eigenvalue weighted by Crippen LogP contribution is -2.60. The molecule has 4 rings (SSSR count). The van der Waals surface area contributed by atoms with E-state index in [1.165, 1.54) is 36.0 Å². The maximum absolute atomic E-state index is 12.9. The number of carbonyl (C=O) groups excluding carboxylic acids is 1. The monoisotopic (exact) mass is 435 g/mol. The summed E-state index contributed by atoms with van der Waals surface area (Å²) in [6.45, 7) is 6.66. The molecule has 1 heterocycles. The maximum Gasteiger partial charge on any atom is 0.234 e. The Balaban J connectivity index is 1.39. The predicted molar refractivity (Wildman–Crippen MR) is 129 cm³/mol. The number of carbonyl (C=O) groups is 1. The van der Waals surface area contributed by atoms with Crippen LogP contribution in [0, 0.1) is 6.92 Å². The zero-order chi connectivity index (χ0) is 22.2. The molecule has 172 valence electrons. The SMILES string of the molecule is Cc1ccc([C@@H](NCC(=O)NCC2(N3CCOCC3)CCCCC2)c2ccccc2)cc1. The summed E-state index contributed by atoms with van der Waals surface area (Å²) in [5.74, 6) is 0.0660. The number of nitrogens with one attached hydrogen (secondary N) is 2. The van der Waals surface area contributed by atoms with Crippen LogP contribution in [0.15, 0.2) is 54.6 Å². The number of ether oxygens (including phenoxy) is 1. The van der Waals surface area contributed by atoms with Crippen molar-refractivity contribution in [2.24, 2.45) is 0 Å². The van der Waals surface area contributed by atoms with Gasteiger partial charge in [0.25, 0.3) is 0 Å². The molecule has 1 aliphatic heterocycles. The van der Waals surface area contributed by atoms with Gasteiger partial charge in [0.15, 0.2) is 0 Å². The molecule has 2 aliphatic rings. The maximum atomic E-state index is 12.9. The third-order valence-corrected chi connectivity index (χ3v) is 7.09. The Labute approximate surface area is 192 Å². The number of amides is 1. The number of nitrogens with zero attached hydrogens (tertiary/aromatic N) is 1. The Kier molecular flexibility index (Phi) is 7.95. The van der Waals surface area contributed by atoms with E-state index in [0.717, 1.165) is 45.7 Å². The average molecular weight is 436 g/mol. The molecule has 5 nitrogen and oxygen atoms in total. The van der Waals surface area contributed by atoms with Gasteiger partial charge in [-0.3, -0.25) is 15.0 Å². The molecule has 0 aromatic heterocycles. The van der Waals surface area contributed by atoms with Gasteiger partial charge in [-0.05, 0) is 30.9 Å². The van der Waals surface area contributed by atoms with Gasteiger partial charge in [-0.1, -0.05) is 79.4 Å².